The van der Waals surface area contributed by atoms with Crippen LogP contribution in [0.3, 0.4) is 0 Å². The number of carbonyl (C=O) groups is 2. The Hall–Kier alpha value is -1.40. The molecule has 0 saturated carbocycles. The zero-order valence-corrected chi connectivity index (χ0v) is 51.1. The molecule has 0 aliphatic carbocycles. The zero-order valence-electron chi connectivity index (χ0n) is 51.1. The van der Waals surface area contributed by atoms with Gasteiger partial charge >= 0.3 is 5.97 Å². The van der Waals surface area contributed by atoms with Gasteiger partial charge in [0.2, 0.25) is 5.91 Å². The molecular formula is C69H135NO5. The van der Waals surface area contributed by atoms with Crippen molar-refractivity contribution in [2.45, 2.75) is 405 Å². The summed E-state index contributed by atoms with van der Waals surface area (Å²) in [5, 5.41) is 23.4. The van der Waals surface area contributed by atoms with Gasteiger partial charge in [-0.3, -0.25) is 9.59 Å². The van der Waals surface area contributed by atoms with E-state index in [4.69, 9.17) is 4.74 Å². The zero-order chi connectivity index (χ0) is 54.3. The largest absolute Gasteiger partial charge is 0.466 e. The van der Waals surface area contributed by atoms with Gasteiger partial charge in [0.25, 0.3) is 0 Å². The summed E-state index contributed by atoms with van der Waals surface area (Å²) >= 11 is 0. The smallest absolute Gasteiger partial charge is 0.305 e. The van der Waals surface area contributed by atoms with Crippen LogP contribution in [0.25, 0.3) is 0 Å². The second kappa shape index (κ2) is 65.1. The highest BCUT2D eigenvalue weighted by Gasteiger charge is 2.20. The Morgan fingerprint density at radius 3 is 0.947 bits per heavy atom. The Balaban J connectivity index is 3.36. The molecule has 0 aliphatic rings. The predicted octanol–water partition coefficient (Wildman–Crippen LogP) is 22.0. The number of unbranched alkanes of at least 4 members (excludes halogenated alkanes) is 52. The van der Waals surface area contributed by atoms with E-state index in [-0.39, 0.29) is 18.5 Å². The fourth-order valence-electron chi connectivity index (χ4n) is 11.1. The number of rotatable bonds is 65. The predicted molar refractivity (Wildman–Crippen MR) is 329 cm³/mol. The number of amides is 1. The number of carbonyl (C=O) groups excluding carboxylic acids is 2. The molecule has 75 heavy (non-hydrogen) atoms. The summed E-state index contributed by atoms with van der Waals surface area (Å²) in [7, 11) is 0. The summed E-state index contributed by atoms with van der Waals surface area (Å²) in [6, 6.07) is -0.540. The lowest BCUT2D eigenvalue weighted by Crippen LogP contribution is -2.45. The van der Waals surface area contributed by atoms with Gasteiger partial charge in [0.1, 0.15) is 0 Å². The average molecular weight is 1060 g/mol. The monoisotopic (exact) mass is 1060 g/mol. The molecule has 3 N–H and O–H groups in total. The first-order valence-electron chi connectivity index (χ1n) is 34.4. The van der Waals surface area contributed by atoms with Gasteiger partial charge in [-0.2, -0.15) is 0 Å². The first-order valence-corrected chi connectivity index (χ1v) is 34.4. The number of allylic oxidation sites excluding steroid dienone is 2. The van der Waals surface area contributed by atoms with E-state index in [1.165, 1.54) is 315 Å². The fraction of sp³-hybridized carbons (Fsp3) is 0.942. The molecule has 0 rings (SSSR count). The Bertz CT molecular complexity index is 1130. The van der Waals surface area contributed by atoms with Gasteiger partial charge in [-0.15, -0.1) is 0 Å². The van der Waals surface area contributed by atoms with Crippen LogP contribution in [0, 0.1) is 0 Å². The van der Waals surface area contributed by atoms with Crippen LogP contribution in [-0.4, -0.2) is 47.4 Å². The molecule has 446 valence electrons. The topological polar surface area (TPSA) is 95.9 Å². The molecule has 0 heterocycles. The van der Waals surface area contributed by atoms with E-state index in [0.29, 0.717) is 25.9 Å². The Labute approximate surface area is 469 Å². The van der Waals surface area contributed by atoms with Crippen molar-refractivity contribution in [3.63, 3.8) is 0 Å². The van der Waals surface area contributed by atoms with Crippen LogP contribution in [0.2, 0.25) is 0 Å². The molecule has 0 aliphatic heterocycles. The summed E-state index contributed by atoms with van der Waals surface area (Å²) in [6.45, 7) is 4.98. The Kier molecular flexibility index (Phi) is 63.9. The van der Waals surface area contributed by atoms with E-state index in [9.17, 15) is 19.8 Å². The van der Waals surface area contributed by atoms with E-state index in [1.54, 1.807) is 0 Å². The minimum atomic E-state index is -0.663. The van der Waals surface area contributed by atoms with Crippen LogP contribution in [0.4, 0.5) is 0 Å². The van der Waals surface area contributed by atoms with E-state index in [1.807, 2.05) is 0 Å². The van der Waals surface area contributed by atoms with Crippen molar-refractivity contribution in [1.82, 2.24) is 5.32 Å². The first-order chi connectivity index (χ1) is 37.0. The molecule has 0 aromatic carbocycles. The SMILES string of the molecule is CCCCCCC/C=C\CCCCCCCC(=O)OCCCCCCCCCCCCCCCCCCCCCCCCCCCC(=O)NC(CO)C(O)CCCCCCCCCCCCCCCCCCCCC. The molecule has 0 radical (unpaired) electrons. The molecule has 0 aromatic heterocycles. The third-order valence-corrected chi connectivity index (χ3v) is 16.3. The summed E-state index contributed by atoms with van der Waals surface area (Å²) in [5.41, 5.74) is 0. The van der Waals surface area contributed by atoms with Crippen molar-refractivity contribution in [3.8, 4) is 0 Å². The molecule has 0 bridgehead atoms. The van der Waals surface area contributed by atoms with Crippen molar-refractivity contribution in [1.29, 1.82) is 0 Å². The normalized spacial score (nSPS) is 12.5. The molecule has 1 amide bonds. The van der Waals surface area contributed by atoms with E-state index >= 15 is 0 Å². The maximum atomic E-state index is 12.5. The summed E-state index contributed by atoms with van der Waals surface area (Å²) in [4.78, 5) is 24.6. The minimum Gasteiger partial charge on any atom is -0.466 e. The number of aliphatic hydroxyl groups excluding tert-OH is 2. The summed E-state index contributed by atoms with van der Waals surface area (Å²) in [5.74, 6) is -0.0201. The number of hydrogen-bond donors (Lipinski definition) is 3. The van der Waals surface area contributed by atoms with Crippen molar-refractivity contribution >= 4 is 11.9 Å². The summed E-state index contributed by atoms with van der Waals surface area (Å²) < 4.78 is 5.49. The van der Waals surface area contributed by atoms with Gasteiger partial charge in [0, 0.05) is 12.8 Å². The van der Waals surface area contributed by atoms with Gasteiger partial charge in [0.15, 0.2) is 0 Å². The lowest BCUT2D eigenvalue weighted by Gasteiger charge is -2.22. The van der Waals surface area contributed by atoms with Gasteiger partial charge in [-0.1, -0.05) is 341 Å². The highest BCUT2D eigenvalue weighted by Crippen LogP contribution is 2.19. The van der Waals surface area contributed by atoms with Crippen LogP contribution >= 0.6 is 0 Å². The van der Waals surface area contributed by atoms with Crippen LogP contribution in [0.1, 0.15) is 393 Å². The molecular weight excluding hydrogens is 923 g/mol. The summed E-state index contributed by atoms with van der Waals surface area (Å²) in [6.07, 6.45) is 79.6. The first kappa shape index (κ1) is 73.6. The standard InChI is InChI=1S/C69H135NO5/c1-3-5-7-9-11-13-15-17-19-20-28-31-34-37-41-45-49-53-57-61-67(72)66(65-71)70-68(73)62-58-54-50-46-42-38-35-32-29-26-24-22-21-23-25-27-30-33-36-40-44-48-52-56-60-64-75-69(74)63-59-55-51-47-43-39-18-16-14-12-10-8-6-4-2/h16,18,66-67,71-72H,3-15,17,19-65H2,1-2H3,(H,70,73)/b18-16-. The van der Waals surface area contributed by atoms with Gasteiger partial charge in [0.05, 0.1) is 25.4 Å². The molecule has 6 heteroatoms. The van der Waals surface area contributed by atoms with Crippen LogP contribution in [0.15, 0.2) is 12.2 Å². The number of aliphatic hydroxyl groups is 2. The number of ether oxygens (including phenoxy) is 1. The van der Waals surface area contributed by atoms with E-state index in [2.05, 4.69) is 31.3 Å². The highest BCUT2D eigenvalue weighted by molar-refractivity contribution is 5.76. The van der Waals surface area contributed by atoms with Crippen molar-refractivity contribution < 1.29 is 24.5 Å². The third-order valence-electron chi connectivity index (χ3n) is 16.3. The molecule has 0 fully saturated rings. The van der Waals surface area contributed by atoms with Crippen LogP contribution < -0.4 is 5.32 Å². The van der Waals surface area contributed by atoms with Crippen molar-refractivity contribution in [3.05, 3.63) is 12.2 Å². The molecule has 2 unspecified atom stereocenters. The average Bonchev–Trinajstić information content (AvgIpc) is 3.41. The lowest BCUT2D eigenvalue weighted by molar-refractivity contribution is -0.143. The van der Waals surface area contributed by atoms with Crippen LogP contribution in [-0.2, 0) is 14.3 Å². The third kappa shape index (κ3) is 61.7. The number of hydrogen-bond acceptors (Lipinski definition) is 5. The second-order valence-corrected chi connectivity index (χ2v) is 23.9. The molecule has 0 spiro atoms. The number of nitrogens with one attached hydrogen (secondary N) is 1. The minimum absolute atomic E-state index is 0.00885. The molecule has 0 saturated heterocycles. The van der Waals surface area contributed by atoms with Gasteiger partial charge < -0.3 is 20.3 Å². The maximum absolute atomic E-state index is 12.5. The molecule has 6 nitrogen and oxygen atoms in total. The van der Waals surface area contributed by atoms with E-state index < -0.39 is 12.1 Å². The Morgan fingerprint density at radius 2 is 0.627 bits per heavy atom. The second-order valence-electron chi connectivity index (χ2n) is 23.9. The lowest BCUT2D eigenvalue weighted by atomic mass is 10.0. The quantitative estimate of drug-likeness (QED) is 0.0320. The highest BCUT2D eigenvalue weighted by atomic mass is 16.5. The van der Waals surface area contributed by atoms with Crippen LogP contribution in [0.5, 0.6) is 0 Å². The number of esters is 1. The van der Waals surface area contributed by atoms with Gasteiger partial charge in [-0.25, -0.2) is 0 Å². The van der Waals surface area contributed by atoms with Crippen molar-refractivity contribution in [2.24, 2.45) is 0 Å². The fourth-order valence-corrected chi connectivity index (χ4v) is 11.1. The maximum Gasteiger partial charge on any atom is 0.305 e. The Morgan fingerprint density at radius 1 is 0.360 bits per heavy atom. The van der Waals surface area contributed by atoms with Gasteiger partial charge in [-0.05, 0) is 51.4 Å². The van der Waals surface area contributed by atoms with E-state index in [0.717, 1.165) is 44.9 Å². The molecule has 0 aromatic rings. The molecule has 2 atom stereocenters. The van der Waals surface area contributed by atoms with Crippen molar-refractivity contribution in [2.75, 3.05) is 13.2 Å².